The maximum atomic E-state index is 11.6. The predicted molar refractivity (Wildman–Crippen MR) is 125 cm³/mol. The van der Waals surface area contributed by atoms with E-state index in [9.17, 15) is 4.79 Å². The molecule has 1 amide bonds. The molecule has 0 spiro atoms. The van der Waals surface area contributed by atoms with Crippen LogP contribution in [0.3, 0.4) is 0 Å². The van der Waals surface area contributed by atoms with E-state index < -0.39 is 0 Å². The van der Waals surface area contributed by atoms with Crippen molar-refractivity contribution in [3.05, 3.63) is 77.1 Å². The fourth-order valence-corrected chi connectivity index (χ4v) is 4.17. The molecule has 1 aliphatic heterocycles. The van der Waals surface area contributed by atoms with Crippen LogP contribution < -0.4 is 10.6 Å². The number of nitrogens with one attached hydrogen (secondary N) is 2. The standard InChI is InChI=1S/C25H25N5O2/c1-16-13-19-21(27-17(2)31)9-6-10-23(19)30(16)25-28-22-11-12-32-15-20(22)24(29-25)26-14-18-7-4-3-5-8-18/h3-10,13H,11-12,14-15H2,1-2H3,(H,27,31)(H,26,28,29). The summed E-state index contributed by atoms with van der Waals surface area (Å²) in [5.74, 6) is 1.32. The largest absolute Gasteiger partial charge is 0.376 e. The summed E-state index contributed by atoms with van der Waals surface area (Å²) in [6.45, 7) is 5.37. The van der Waals surface area contributed by atoms with Gasteiger partial charge in [-0.05, 0) is 30.7 Å². The van der Waals surface area contributed by atoms with E-state index in [0.717, 1.165) is 45.8 Å². The highest BCUT2D eigenvalue weighted by Crippen LogP contribution is 2.31. The van der Waals surface area contributed by atoms with Gasteiger partial charge in [0.1, 0.15) is 5.82 Å². The normalized spacial score (nSPS) is 13.1. The van der Waals surface area contributed by atoms with Crippen molar-refractivity contribution in [2.45, 2.75) is 33.4 Å². The molecule has 0 aliphatic carbocycles. The molecule has 0 saturated carbocycles. The zero-order valence-electron chi connectivity index (χ0n) is 18.2. The van der Waals surface area contributed by atoms with Crippen LogP contribution in [-0.2, 0) is 29.1 Å². The molecule has 3 heterocycles. The number of benzene rings is 2. The minimum Gasteiger partial charge on any atom is -0.376 e. The highest BCUT2D eigenvalue weighted by atomic mass is 16.5. The molecule has 1 aliphatic rings. The minimum absolute atomic E-state index is 0.0969. The van der Waals surface area contributed by atoms with E-state index in [4.69, 9.17) is 14.7 Å². The third kappa shape index (κ3) is 3.83. The van der Waals surface area contributed by atoms with Crippen molar-refractivity contribution < 1.29 is 9.53 Å². The highest BCUT2D eigenvalue weighted by molar-refractivity contribution is 6.01. The number of carbonyl (C=O) groups excluding carboxylic acids is 1. The lowest BCUT2D eigenvalue weighted by atomic mass is 10.1. The number of hydrogen-bond acceptors (Lipinski definition) is 5. The Labute approximate surface area is 186 Å². The number of aromatic nitrogens is 3. The fraction of sp³-hybridized carbons (Fsp3) is 0.240. The van der Waals surface area contributed by atoms with Gasteiger partial charge in [0.2, 0.25) is 11.9 Å². The Morgan fingerprint density at radius 3 is 2.78 bits per heavy atom. The van der Waals surface area contributed by atoms with E-state index in [1.807, 2.05) is 47.9 Å². The van der Waals surface area contributed by atoms with Crippen molar-refractivity contribution in [2.75, 3.05) is 17.2 Å². The Balaban J connectivity index is 1.60. The Hall–Kier alpha value is -3.71. The number of amides is 1. The van der Waals surface area contributed by atoms with E-state index in [2.05, 4.69) is 28.8 Å². The van der Waals surface area contributed by atoms with Gasteiger partial charge in [-0.1, -0.05) is 36.4 Å². The molecule has 0 radical (unpaired) electrons. The van der Waals surface area contributed by atoms with Crippen LogP contribution in [-0.4, -0.2) is 27.0 Å². The van der Waals surface area contributed by atoms with Gasteiger partial charge in [0.25, 0.3) is 0 Å². The van der Waals surface area contributed by atoms with Gasteiger partial charge in [0, 0.05) is 36.5 Å². The maximum absolute atomic E-state index is 11.6. The molecule has 32 heavy (non-hydrogen) atoms. The molecule has 5 rings (SSSR count). The third-order valence-electron chi connectivity index (χ3n) is 5.65. The van der Waals surface area contributed by atoms with Crippen molar-refractivity contribution >= 4 is 28.3 Å². The average molecular weight is 428 g/mol. The summed E-state index contributed by atoms with van der Waals surface area (Å²) in [4.78, 5) is 21.5. The summed E-state index contributed by atoms with van der Waals surface area (Å²) >= 11 is 0. The lowest BCUT2D eigenvalue weighted by Gasteiger charge is -2.21. The minimum atomic E-state index is -0.0969. The van der Waals surface area contributed by atoms with Gasteiger partial charge in [-0.25, -0.2) is 4.98 Å². The number of hydrogen-bond donors (Lipinski definition) is 2. The number of ether oxygens (including phenoxy) is 1. The van der Waals surface area contributed by atoms with E-state index in [1.54, 1.807) is 0 Å². The Bertz CT molecular complexity index is 1300. The fourth-order valence-electron chi connectivity index (χ4n) is 4.17. The number of anilines is 2. The van der Waals surface area contributed by atoms with Crippen molar-refractivity contribution in [3.8, 4) is 5.95 Å². The van der Waals surface area contributed by atoms with Gasteiger partial charge < -0.3 is 15.4 Å². The van der Waals surface area contributed by atoms with E-state index in [0.29, 0.717) is 25.7 Å². The molecule has 0 fully saturated rings. The number of carbonyl (C=O) groups is 1. The van der Waals surface area contributed by atoms with Crippen LogP contribution in [0.2, 0.25) is 0 Å². The lowest BCUT2D eigenvalue weighted by Crippen LogP contribution is -2.19. The zero-order valence-corrected chi connectivity index (χ0v) is 18.2. The van der Waals surface area contributed by atoms with Gasteiger partial charge in [-0.15, -0.1) is 0 Å². The first kappa shape index (κ1) is 20.2. The summed E-state index contributed by atoms with van der Waals surface area (Å²) in [6.07, 6.45) is 0.750. The van der Waals surface area contributed by atoms with Crippen LogP contribution in [0.15, 0.2) is 54.6 Å². The second kappa shape index (κ2) is 8.43. The van der Waals surface area contributed by atoms with E-state index >= 15 is 0 Å². The molecular formula is C25H25N5O2. The molecule has 0 atom stereocenters. The van der Waals surface area contributed by atoms with E-state index in [-0.39, 0.29) is 5.91 Å². The second-order valence-corrected chi connectivity index (χ2v) is 7.98. The van der Waals surface area contributed by atoms with Gasteiger partial charge >= 0.3 is 0 Å². The summed E-state index contributed by atoms with van der Waals surface area (Å²) in [5, 5.41) is 7.37. The molecular weight excluding hydrogens is 402 g/mol. The summed E-state index contributed by atoms with van der Waals surface area (Å²) in [5.41, 5.74) is 5.94. The second-order valence-electron chi connectivity index (χ2n) is 7.98. The third-order valence-corrected chi connectivity index (χ3v) is 5.65. The van der Waals surface area contributed by atoms with Crippen LogP contribution in [0.25, 0.3) is 16.9 Å². The van der Waals surface area contributed by atoms with Crippen LogP contribution in [0, 0.1) is 6.92 Å². The van der Waals surface area contributed by atoms with Gasteiger partial charge in [0.15, 0.2) is 0 Å². The van der Waals surface area contributed by atoms with Crippen LogP contribution in [0.5, 0.6) is 0 Å². The topological polar surface area (TPSA) is 81.1 Å². The summed E-state index contributed by atoms with van der Waals surface area (Å²) in [6, 6.07) is 18.2. The van der Waals surface area contributed by atoms with Crippen LogP contribution >= 0.6 is 0 Å². The molecule has 0 bridgehead atoms. The molecule has 2 aromatic heterocycles. The van der Waals surface area contributed by atoms with Gasteiger partial charge in [-0.2, -0.15) is 4.98 Å². The number of aryl methyl sites for hydroxylation is 1. The number of rotatable bonds is 5. The molecule has 162 valence electrons. The maximum Gasteiger partial charge on any atom is 0.236 e. The molecule has 2 N–H and O–H groups in total. The molecule has 7 nitrogen and oxygen atoms in total. The summed E-state index contributed by atoms with van der Waals surface area (Å²) in [7, 11) is 0. The van der Waals surface area contributed by atoms with E-state index in [1.165, 1.54) is 12.5 Å². The van der Waals surface area contributed by atoms with Gasteiger partial charge in [0.05, 0.1) is 30.1 Å². The number of nitrogens with zero attached hydrogens (tertiary/aromatic N) is 3. The van der Waals surface area contributed by atoms with Crippen molar-refractivity contribution in [1.82, 2.24) is 14.5 Å². The monoisotopic (exact) mass is 427 g/mol. The molecule has 4 aromatic rings. The molecule has 7 heteroatoms. The first-order chi connectivity index (χ1) is 15.6. The first-order valence-corrected chi connectivity index (χ1v) is 10.7. The smallest absolute Gasteiger partial charge is 0.236 e. The van der Waals surface area contributed by atoms with Crippen molar-refractivity contribution in [2.24, 2.45) is 0 Å². The Morgan fingerprint density at radius 1 is 1.12 bits per heavy atom. The number of fused-ring (bicyclic) bond motifs is 2. The summed E-state index contributed by atoms with van der Waals surface area (Å²) < 4.78 is 7.74. The quantitative estimate of drug-likeness (QED) is 0.494. The Morgan fingerprint density at radius 2 is 1.97 bits per heavy atom. The highest BCUT2D eigenvalue weighted by Gasteiger charge is 2.21. The van der Waals surface area contributed by atoms with Crippen LogP contribution in [0.4, 0.5) is 11.5 Å². The Kier molecular flexibility index (Phi) is 5.33. The van der Waals surface area contributed by atoms with Gasteiger partial charge in [-0.3, -0.25) is 9.36 Å². The lowest BCUT2D eigenvalue weighted by molar-refractivity contribution is -0.114. The molecule has 0 unspecified atom stereocenters. The van der Waals surface area contributed by atoms with Crippen molar-refractivity contribution in [3.63, 3.8) is 0 Å². The van der Waals surface area contributed by atoms with Crippen molar-refractivity contribution in [1.29, 1.82) is 0 Å². The first-order valence-electron chi connectivity index (χ1n) is 10.7. The molecule has 0 saturated heterocycles. The average Bonchev–Trinajstić information content (AvgIpc) is 3.14. The van der Waals surface area contributed by atoms with Crippen LogP contribution in [0.1, 0.15) is 29.4 Å². The zero-order chi connectivity index (χ0) is 22.1. The molecule has 2 aromatic carbocycles. The predicted octanol–water partition coefficient (Wildman–Crippen LogP) is 4.37. The SMILES string of the molecule is CC(=O)Nc1cccc2c1cc(C)n2-c1nc2c(c(NCc3ccccc3)n1)COCC2.